The van der Waals surface area contributed by atoms with Crippen molar-refractivity contribution in [2.45, 2.75) is 39.6 Å². The summed E-state index contributed by atoms with van der Waals surface area (Å²) in [7, 11) is 2.76. The van der Waals surface area contributed by atoms with Crippen LogP contribution in [-0.2, 0) is 19.1 Å². The predicted molar refractivity (Wildman–Crippen MR) is 211 cm³/mol. The molecule has 0 aliphatic carbocycles. The standard InChI is InChI=1S/C41H46F4N8O7/c1-40(2,3)38(56)52-16-14-51(15-17-52)32-13-10-27(19-46-32)49-37(55)29-12-11-28(35(34(29)42)60-41(43,44)45)25-6-8-26(9-7-25)30-20-47-36(50-30)31-18-24(23-58-4)22-53(31)33(54)21-48-39(57)59-5/h6-13,19-20,24,31H,14-18,21-23H2,1-5H3,(H,47,50)(H,48,57)(H,49,55). The average molecular weight is 839 g/mol. The summed E-state index contributed by atoms with van der Waals surface area (Å²) in [6.07, 6.45) is -2.58. The highest BCUT2D eigenvalue weighted by molar-refractivity contribution is 6.05. The molecule has 2 aromatic carbocycles. The molecule has 4 amide bonds. The number of rotatable bonds is 11. The number of aromatic amines is 1. The molecule has 4 aromatic rings. The van der Waals surface area contributed by atoms with Gasteiger partial charge in [-0.1, -0.05) is 45.0 Å². The summed E-state index contributed by atoms with van der Waals surface area (Å²) in [4.78, 5) is 68.0. The number of piperazine rings is 1. The second-order valence-corrected chi connectivity index (χ2v) is 15.5. The maximum absolute atomic E-state index is 15.9. The van der Waals surface area contributed by atoms with Crippen LogP contribution in [0.4, 0.5) is 33.9 Å². The number of hydrogen-bond donors (Lipinski definition) is 3. The summed E-state index contributed by atoms with van der Waals surface area (Å²) in [6.45, 7) is 8.23. The van der Waals surface area contributed by atoms with Gasteiger partial charge in [0.15, 0.2) is 11.6 Å². The lowest BCUT2D eigenvalue weighted by Gasteiger charge is -2.38. The Morgan fingerprint density at radius 2 is 1.60 bits per heavy atom. The normalized spacial score (nSPS) is 17.1. The fraction of sp³-hybridized carbons (Fsp3) is 0.415. The summed E-state index contributed by atoms with van der Waals surface area (Å²) in [6, 6.07) is 11.1. The number of methoxy groups -OCH3 is 2. The van der Waals surface area contributed by atoms with Gasteiger partial charge in [0.2, 0.25) is 11.8 Å². The molecule has 0 radical (unpaired) electrons. The first-order valence-corrected chi connectivity index (χ1v) is 19.1. The number of amides is 4. The molecule has 3 N–H and O–H groups in total. The van der Waals surface area contributed by atoms with E-state index in [1.165, 1.54) is 31.5 Å². The van der Waals surface area contributed by atoms with Crippen LogP contribution < -0.4 is 20.3 Å². The Balaban J connectivity index is 1.16. The zero-order valence-corrected chi connectivity index (χ0v) is 33.7. The average Bonchev–Trinajstić information content (AvgIpc) is 3.88. The van der Waals surface area contributed by atoms with Crippen LogP contribution >= 0.6 is 0 Å². The minimum absolute atomic E-state index is 0.00960. The maximum Gasteiger partial charge on any atom is 0.573 e. The lowest BCUT2D eigenvalue weighted by atomic mass is 9.94. The Labute approximate surface area is 343 Å². The van der Waals surface area contributed by atoms with E-state index in [0.29, 0.717) is 68.7 Å². The number of benzene rings is 2. The van der Waals surface area contributed by atoms with E-state index in [9.17, 15) is 32.3 Å². The molecule has 6 rings (SSSR count). The van der Waals surface area contributed by atoms with Gasteiger partial charge in [0.25, 0.3) is 5.91 Å². The SMILES string of the molecule is COCC1CC(c2ncc(-c3ccc(-c4ccc(C(=O)Nc5ccc(N6CCN(C(=O)C(C)(C)C)CC6)nc5)c(F)c4OC(F)(F)F)cc3)[nH]2)N(C(=O)CNC(=O)OC)C1. The number of anilines is 2. The fourth-order valence-electron chi connectivity index (χ4n) is 7.25. The molecule has 0 spiro atoms. The van der Waals surface area contributed by atoms with Gasteiger partial charge in [-0.3, -0.25) is 14.4 Å². The highest BCUT2D eigenvalue weighted by Gasteiger charge is 2.38. The Morgan fingerprint density at radius 1 is 0.900 bits per heavy atom. The van der Waals surface area contributed by atoms with Crippen molar-refractivity contribution >= 4 is 35.3 Å². The summed E-state index contributed by atoms with van der Waals surface area (Å²) >= 11 is 0. The Bertz CT molecular complexity index is 2180. The van der Waals surface area contributed by atoms with Crippen LogP contribution in [0.5, 0.6) is 5.75 Å². The molecule has 2 atom stereocenters. The number of pyridine rings is 1. The fourth-order valence-corrected chi connectivity index (χ4v) is 7.25. The molecule has 2 aliphatic rings. The number of aromatic nitrogens is 3. The minimum Gasteiger partial charge on any atom is -0.453 e. The summed E-state index contributed by atoms with van der Waals surface area (Å²) in [5.74, 6) is -2.91. The van der Waals surface area contributed by atoms with Gasteiger partial charge in [-0.15, -0.1) is 13.2 Å². The van der Waals surface area contributed by atoms with E-state index in [-0.39, 0.29) is 41.1 Å². The van der Waals surface area contributed by atoms with Crippen LogP contribution in [0.25, 0.3) is 22.4 Å². The van der Waals surface area contributed by atoms with Gasteiger partial charge < -0.3 is 44.5 Å². The minimum atomic E-state index is -5.28. The zero-order valence-electron chi connectivity index (χ0n) is 33.7. The Kier molecular flexibility index (Phi) is 13.0. The molecule has 0 bridgehead atoms. The smallest absolute Gasteiger partial charge is 0.453 e. The van der Waals surface area contributed by atoms with Crippen molar-refractivity contribution in [3.63, 3.8) is 0 Å². The number of carbonyl (C=O) groups is 4. The summed E-state index contributed by atoms with van der Waals surface area (Å²) in [5, 5.41) is 4.88. The molecule has 60 heavy (non-hydrogen) atoms. The first-order chi connectivity index (χ1) is 28.4. The van der Waals surface area contributed by atoms with Crippen molar-refractivity contribution in [1.29, 1.82) is 0 Å². The van der Waals surface area contributed by atoms with E-state index in [2.05, 4.69) is 35.1 Å². The van der Waals surface area contributed by atoms with Crippen molar-refractivity contribution in [3.05, 3.63) is 78.1 Å². The molecule has 2 saturated heterocycles. The lowest BCUT2D eigenvalue weighted by Crippen LogP contribution is -2.51. The number of likely N-dealkylation sites (tertiary alicyclic amines) is 1. The largest absolute Gasteiger partial charge is 0.573 e. The number of nitrogens with one attached hydrogen (secondary N) is 3. The van der Waals surface area contributed by atoms with Crippen LogP contribution in [-0.4, -0.2) is 115 Å². The number of H-pyrrole nitrogens is 1. The van der Waals surface area contributed by atoms with E-state index in [4.69, 9.17) is 4.74 Å². The first-order valence-electron chi connectivity index (χ1n) is 19.1. The van der Waals surface area contributed by atoms with Crippen molar-refractivity contribution in [3.8, 4) is 28.1 Å². The zero-order chi connectivity index (χ0) is 43.4. The quantitative estimate of drug-likeness (QED) is 0.152. The summed E-state index contributed by atoms with van der Waals surface area (Å²) in [5.41, 5.74) is 0.0430. The molecule has 0 saturated carbocycles. The van der Waals surface area contributed by atoms with Crippen LogP contribution in [0.1, 0.15) is 49.4 Å². The molecule has 2 unspecified atom stereocenters. The van der Waals surface area contributed by atoms with E-state index < -0.39 is 46.9 Å². The summed E-state index contributed by atoms with van der Waals surface area (Å²) < 4.78 is 71.0. The van der Waals surface area contributed by atoms with Crippen LogP contribution in [0.3, 0.4) is 0 Å². The van der Waals surface area contributed by atoms with Crippen LogP contribution in [0.2, 0.25) is 0 Å². The van der Waals surface area contributed by atoms with Crippen molar-refractivity contribution < 1.29 is 51.0 Å². The maximum atomic E-state index is 15.9. The van der Waals surface area contributed by atoms with Gasteiger partial charge >= 0.3 is 12.5 Å². The second kappa shape index (κ2) is 17.9. The first kappa shape index (κ1) is 43.3. The van der Waals surface area contributed by atoms with E-state index in [0.717, 1.165) is 6.07 Å². The molecule has 19 heteroatoms. The van der Waals surface area contributed by atoms with Gasteiger partial charge in [-0.25, -0.2) is 19.2 Å². The molecule has 2 fully saturated rings. The molecule has 2 aliphatic heterocycles. The van der Waals surface area contributed by atoms with Crippen LogP contribution in [0.15, 0.2) is 60.9 Å². The van der Waals surface area contributed by atoms with E-state index >= 15 is 4.39 Å². The highest BCUT2D eigenvalue weighted by atomic mass is 19.4. The molecule has 2 aromatic heterocycles. The molecule has 320 valence electrons. The Hall–Kier alpha value is -6.24. The van der Waals surface area contributed by atoms with E-state index in [1.54, 1.807) is 47.4 Å². The third kappa shape index (κ3) is 10.1. The molecule has 4 heterocycles. The number of alkyl carbamates (subject to hydrolysis) is 1. The highest BCUT2D eigenvalue weighted by Crippen LogP contribution is 2.39. The number of hydrogen-bond acceptors (Lipinski definition) is 10. The van der Waals surface area contributed by atoms with Gasteiger partial charge in [0.1, 0.15) is 18.2 Å². The number of carbonyl (C=O) groups excluding carboxylic acids is 4. The van der Waals surface area contributed by atoms with Gasteiger partial charge in [-0.05, 0) is 41.8 Å². The third-order valence-electron chi connectivity index (χ3n) is 10.2. The third-order valence-corrected chi connectivity index (χ3v) is 10.2. The van der Waals surface area contributed by atoms with Crippen molar-refractivity contribution in [2.75, 3.05) is 70.3 Å². The lowest BCUT2D eigenvalue weighted by molar-refractivity contribution is -0.275. The second-order valence-electron chi connectivity index (χ2n) is 15.5. The topological polar surface area (TPSA) is 171 Å². The Morgan fingerprint density at radius 3 is 2.22 bits per heavy atom. The van der Waals surface area contributed by atoms with Gasteiger partial charge in [0, 0.05) is 56.7 Å². The van der Waals surface area contributed by atoms with Gasteiger partial charge in [0.05, 0.1) is 49.1 Å². The number of nitrogens with zero attached hydrogens (tertiary/aromatic N) is 5. The predicted octanol–water partition coefficient (Wildman–Crippen LogP) is 6.02. The monoisotopic (exact) mass is 838 g/mol. The molecular weight excluding hydrogens is 792 g/mol. The number of halogens is 4. The van der Waals surface area contributed by atoms with E-state index in [1.807, 2.05) is 25.7 Å². The molecule has 15 nitrogen and oxygen atoms in total. The van der Waals surface area contributed by atoms with Crippen molar-refractivity contribution in [2.24, 2.45) is 11.3 Å². The van der Waals surface area contributed by atoms with Gasteiger partial charge in [-0.2, -0.15) is 0 Å². The van der Waals surface area contributed by atoms with Crippen molar-refractivity contribution in [1.82, 2.24) is 30.1 Å². The number of imidazole rings is 1. The molecular formula is C41H46F4N8O7. The van der Waals surface area contributed by atoms with Crippen LogP contribution in [0, 0.1) is 17.2 Å². The number of ether oxygens (including phenoxy) is 3. The number of alkyl halides is 3.